The van der Waals surface area contributed by atoms with Crippen LogP contribution in [0.5, 0.6) is 11.5 Å². The molecule has 0 radical (unpaired) electrons. The van der Waals surface area contributed by atoms with Gasteiger partial charge in [-0.2, -0.15) is 0 Å². The number of fused-ring (bicyclic) bond motifs is 1. The molecule has 0 aliphatic heterocycles. The molecule has 0 amide bonds. The van der Waals surface area contributed by atoms with Crippen molar-refractivity contribution < 1.29 is 19.1 Å². The molecule has 4 nitrogen and oxygen atoms in total. The molecule has 0 fully saturated rings. The van der Waals surface area contributed by atoms with E-state index in [1.165, 1.54) is 5.56 Å². The van der Waals surface area contributed by atoms with E-state index in [1.807, 2.05) is 31.2 Å². The highest BCUT2D eigenvalue weighted by atomic mass is 16.5. The quantitative estimate of drug-likeness (QED) is 0.439. The first-order valence-corrected chi connectivity index (χ1v) is 8.88. The van der Waals surface area contributed by atoms with Crippen LogP contribution in [0.1, 0.15) is 30.0 Å². The second-order valence-corrected chi connectivity index (χ2v) is 6.69. The zero-order valence-corrected chi connectivity index (χ0v) is 15.6. The van der Waals surface area contributed by atoms with Gasteiger partial charge in [0.25, 0.3) is 0 Å². The first kappa shape index (κ1) is 18.6. The Labute approximate surface area is 159 Å². The molecule has 0 saturated heterocycles. The van der Waals surface area contributed by atoms with Gasteiger partial charge in [0.1, 0.15) is 11.5 Å². The second-order valence-electron chi connectivity index (χ2n) is 6.69. The second kappa shape index (κ2) is 7.62. The topological polar surface area (TPSA) is 52.6 Å². The summed E-state index contributed by atoms with van der Waals surface area (Å²) >= 11 is 0. The van der Waals surface area contributed by atoms with Crippen molar-refractivity contribution in [2.24, 2.45) is 0 Å². The SMILES string of the molecule is C=CC(=O)Oc1ccc(-c2ccc(OC(=O)C(=C)C)c3c2CCC3)c(C)c1. The van der Waals surface area contributed by atoms with Gasteiger partial charge in [0, 0.05) is 11.6 Å². The Morgan fingerprint density at radius 3 is 2.41 bits per heavy atom. The lowest BCUT2D eigenvalue weighted by atomic mass is 9.93. The van der Waals surface area contributed by atoms with Crippen LogP contribution in [-0.4, -0.2) is 11.9 Å². The summed E-state index contributed by atoms with van der Waals surface area (Å²) in [4.78, 5) is 23.3. The fourth-order valence-electron chi connectivity index (χ4n) is 3.37. The first-order chi connectivity index (χ1) is 12.9. The monoisotopic (exact) mass is 362 g/mol. The zero-order valence-electron chi connectivity index (χ0n) is 15.6. The molecule has 1 aliphatic carbocycles. The number of hydrogen-bond acceptors (Lipinski definition) is 4. The van der Waals surface area contributed by atoms with Gasteiger partial charge in [-0.25, -0.2) is 9.59 Å². The number of esters is 2. The molecular weight excluding hydrogens is 340 g/mol. The summed E-state index contributed by atoms with van der Waals surface area (Å²) in [6.07, 6.45) is 3.99. The largest absolute Gasteiger partial charge is 0.423 e. The van der Waals surface area contributed by atoms with Gasteiger partial charge >= 0.3 is 11.9 Å². The van der Waals surface area contributed by atoms with Crippen molar-refractivity contribution in [3.63, 3.8) is 0 Å². The van der Waals surface area contributed by atoms with Crippen molar-refractivity contribution in [2.75, 3.05) is 0 Å². The van der Waals surface area contributed by atoms with E-state index >= 15 is 0 Å². The molecule has 2 aromatic carbocycles. The number of benzene rings is 2. The van der Waals surface area contributed by atoms with E-state index in [0.29, 0.717) is 17.1 Å². The Morgan fingerprint density at radius 2 is 1.74 bits per heavy atom. The van der Waals surface area contributed by atoms with Gasteiger partial charge in [0.05, 0.1) is 0 Å². The Morgan fingerprint density at radius 1 is 1.04 bits per heavy atom. The number of aryl methyl sites for hydroxylation is 1. The maximum absolute atomic E-state index is 11.9. The molecule has 0 unspecified atom stereocenters. The third-order valence-corrected chi connectivity index (χ3v) is 4.67. The molecule has 4 heteroatoms. The highest BCUT2D eigenvalue weighted by Gasteiger charge is 2.22. The van der Waals surface area contributed by atoms with Crippen LogP contribution in [-0.2, 0) is 22.4 Å². The van der Waals surface area contributed by atoms with Crippen LogP contribution in [0.15, 0.2) is 55.1 Å². The molecule has 0 atom stereocenters. The van der Waals surface area contributed by atoms with Crippen LogP contribution in [0, 0.1) is 6.92 Å². The average Bonchev–Trinajstić information content (AvgIpc) is 3.12. The molecule has 0 spiro atoms. The summed E-state index contributed by atoms with van der Waals surface area (Å²) in [6, 6.07) is 9.41. The summed E-state index contributed by atoms with van der Waals surface area (Å²) in [5.41, 5.74) is 5.88. The number of carbonyl (C=O) groups is 2. The first-order valence-electron chi connectivity index (χ1n) is 8.88. The molecule has 138 valence electrons. The minimum absolute atomic E-state index is 0.381. The van der Waals surface area contributed by atoms with Gasteiger partial charge in [-0.05, 0) is 79.1 Å². The van der Waals surface area contributed by atoms with E-state index < -0.39 is 11.9 Å². The maximum atomic E-state index is 11.9. The lowest BCUT2D eigenvalue weighted by molar-refractivity contribution is -0.130. The molecule has 27 heavy (non-hydrogen) atoms. The van der Waals surface area contributed by atoms with Gasteiger partial charge in [-0.1, -0.05) is 25.3 Å². The van der Waals surface area contributed by atoms with E-state index in [-0.39, 0.29) is 0 Å². The number of hydrogen-bond donors (Lipinski definition) is 0. The normalized spacial score (nSPS) is 12.2. The zero-order chi connectivity index (χ0) is 19.6. The molecule has 1 aliphatic rings. The third kappa shape index (κ3) is 3.85. The van der Waals surface area contributed by atoms with Crippen molar-refractivity contribution in [1.82, 2.24) is 0 Å². The third-order valence-electron chi connectivity index (χ3n) is 4.67. The van der Waals surface area contributed by atoms with Crippen LogP contribution in [0.3, 0.4) is 0 Å². The van der Waals surface area contributed by atoms with Crippen molar-refractivity contribution in [3.05, 3.63) is 71.8 Å². The number of carbonyl (C=O) groups excluding carboxylic acids is 2. The Bertz CT molecular complexity index is 953. The molecule has 2 aromatic rings. The van der Waals surface area contributed by atoms with E-state index in [2.05, 4.69) is 13.2 Å². The summed E-state index contributed by atoms with van der Waals surface area (Å²) in [6.45, 7) is 10.7. The van der Waals surface area contributed by atoms with Crippen LogP contribution >= 0.6 is 0 Å². The Hall–Kier alpha value is -3.14. The van der Waals surface area contributed by atoms with Gasteiger partial charge in [-0.3, -0.25) is 0 Å². The molecule has 0 aromatic heterocycles. The predicted molar refractivity (Wildman–Crippen MR) is 105 cm³/mol. The molecule has 0 heterocycles. The van der Waals surface area contributed by atoms with Crippen LogP contribution in [0.2, 0.25) is 0 Å². The maximum Gasteiger partial charge on any atom is 0.338 e. The fraction of sp³-hybridized carbons (Fsp3) is 0.217. The van der Waals surface area contributed by atoms with E-state index in [4.69, 9.17) is 9.47 Å². The smallest absolute Gasteiger partial charge is 0.338 e. The highest BCUT2D eigenvalue weighted by molar-refractivity contribution is 5.89. The average molecular weight is 362 g/mol. The minimum Gasteiger partial charge on any atom is -0.423 e. The van der Waals surface area contributed by atoms with Gasteiger partial charge in [-0.15, -0.1) is 0 Å². The lowest BCUT2D eigenvalue weighted by Gasteiger charge is -2.15. The number of ether oxygens (including phenoxy) is 2. The van der Waals surface area contributed by atoms with Crippen molar-refractivity contribution in [2.45, 2.75) is 33.1 Å². The molecule has 0 saturated carbocycles. The van der Waals surface area contributed by atoms with Crippen LogP contribution < -0.4 is 9.47 Å². The van der Waals surface area contributed by atoms with Crippen molar-refractivity contribution in [1.29, 1.82) is 0 Å². The molecular formula is C23H22O4. The summed E-state index contributed by atoms with van der Waals surface area (Å²) < 4.78 is 10.7. The summed E-state index contributed by atoms with van der Waals surface area (Å²) in [5, 5.41) is 0. The Kier molecular flexibility index (Phi) is 5.26. The van der Waals surface area contributed by atoms with E-state index in [0.717, 1.165) is 47.6 Å². The standard InChI is InChI=1S/C23H22O4/c1-5-22(24)26-16-9-10-17(15(4)13-16)19-11-12-21(27-23(25)14(2)3)20-8-6-7-18(19)20/h5,9-13H,1-2,6-8H2,3-4H3. The van der Waals surface area contributed by atoms with Crippen molar-refractivity contribution >= 4 is 11.9 Å². The summed E-state index contributed by atoms with van der Waals surface area (Å²) in [7, 11) is 0. The minimum atomic E-state index is -0.480. The lowest BCUT2D eigenvalue weighted by Crippen LogP contribution is -2.10. The van der Waals surface area contributed by atoms with Crippen LogP contribution in [0.25, 0.3) is 11.1 Å². The van der Waals surface area contributed by atoms with E-state index in [1.54, 1.807) is 13.0 Å². The summed E-state index contributed by atoms with van der Waals surface area (Å²) in [5.74, 6) is 0.228. The molecule has 3 rings (SSSR count). The van der Waals surface area contributed by atoms with Crippen molar-refractivity contribution in [3.8, 4) is 22.6 Å². The molecule has 0 bridgehead atoms. The Balaban J connectivity index is 1.97. The van der Waals surface area contributed by atoms with Gasteiger partial charge < -0.3 is 9.47 Å². The predicted octanol–water partition coefficient (Wildman–Crippen LogP) is 4.72. The fourth-order valence-corrected chi connectivity index (χ4v) is 3.37. The highest BCUT2D eigenvalue weighted by Crippen LogP contribution is 2.39. The number of rotatable bonds is 5. The van der Waals surface area contributed by atoms with Gasteiger partial charge in [0.2, 0.25) is 0 Å². The molecule has 0 N–H and O–H groups in total. The van der Waals surface area contributed by atoms with E-state index in [9.17, 15) is 9.59 Å². The van der Waals surface area contributed by atoms with Gasteiger partial charge in [0.15, 0.2) is 0 Å². The van der Waals surface area contributed by atoms with Crippen LogP contribution in [0.4, 0.5) is 0 Å².